The summed E-state index contributed by atoms with van der Waals surface area (Å²) < 4.78 is 0. The Morgan fingerprint density at radius 3 is 2.00 bits per heavy atom. The Hall–Kier alpha value is -2.37. The molecular formula is C11H11N2O4-. The monoisotopic (exact) mass is 235 g/mol. The standard InChI is InChI=1S/C11H12N2O4/c1-6(14)12-9-4-3-8(11(16)17)5-10(9)13-7(2)15/h3-5H,1-2H3,(H,12,14)(H,13,15)(H,16,17)/p-1. The fourth-order valence-electron chi connectivity index (χ4n) is 1.26. The number of hydrogen-bond acceptors (Lipinski definition) is 4. The Morgan fingerprint density at radius 1 is 1.00 bits per heavy atom. The van der Waals surface area contributed by atoms with Crippen LogP contribution in [-0.4, -0.2) is 17.8 Å². The maximum absolute atomic E-state index is 10.9. The van der Waals surface area contributed by atoms with Crippen molar-refractivity contribution < 1.29 is 19.5 Å². The van der Waals surface area contributed by atoms with Crippen molar-refractivity contribution in [2.45, 2.75) is 13.8 Å². The van der Waals surface area contributed by atoms with Gasteiger partial charge in [0.25, 0.3) is 0 Å². The van der Waals surface area contributed by atoms with E-state index in [9.17, 15) is 19.5 Å². The summed E-state index contributed by atoms with van der Waals surface area (Å²) in [5, 5.41) is 15.6. The summed E-state index contributed by atoms with van der Waals surface area (Å²) in [5.74, 6) is -2.05. The van der Waals surface area contributed by atoms with Crippen molar-refractivity contribution in [3.05, 3.63) is 23.8 Å². The smallest absolute Gasteiger partial charge is 0.221 e. The normalized spacial score (nSPS) is 9.53. The van der Waals surface area contributed by atoms with Crippen LogP contribution in [0, 0.1) is 0 Å². The first-order valence-electron chi connectivity index (χ1n) is 4.80. The van der Waals surface area contributed by atoms with Gasteiger partial charge in [0.2, 0.25) is 11.8 Å². The van der Waals surface area contributed by atoms with Crippen LogP contribution in [0.25, 0.3) is 0 Å². The van der Waals surface area contributed by atoms with Crippen LogP contribution in [0.3, 0.4) is 0 Å². The van der Waals surface area contributed by atoms with Crippen molar-refractivity contribution in [3.63, 3.8) is 0 Å². The Morgan fingerprint density at radius 2 is 1.53 bits per heavy atom. The zero-order valence-electron chi connectivity index (χ0n) is 9.37. The average molecular weight is 235 g/mol. The summed E-state index contributed by atoms with van der Waals surface area (Å²) in [5.41, 5.74) is 0.468. The van der Waals surface area contributed by atoms with E-state index in [1.54, 1.807) is 0 Å². The number of amides is 2. The molecule has 90 valence electrons. The highest BCUT2D eigenvalue weighted by Gasteiger charge is 2.07. The Kier molecular flexibility index (Phi) is 3.82. The molecule has 0 aliphatic heterocycles. The molecule has 1 aromatic carbocycles. The molecule has 2 amide bonds. The van der Waals surface area contributed by atoms with E-state index in [0.29, 0.717) is 5.69 Å². The summed E-state index contributed by atoms with van der Waals surface area (Å²) in [6.45, 7) is 2.59. The van der Waals surface area contributed by atoms with Gasteiger partial charge in [-0.15, -0.1) is 0 Å². The minimum atomic E-state index is -1.36. The third kappa shape index (κ3) is 3.60. The minimum absolute atomic E-state index is 0.0807. The summed E-state index contributed by atoms with van der Waals surface area (Å²) in [6.07, 6.45) is 0. The third-order valence-electron chi connectivity index (χ3n) is 1.88. The molecule has 17 heavy (non-hydrogen) atoms. The number of hydrogen-bond donors (Lipinski definition) is 2. The van der Waals surface area contributed by atoms with Crippen molar-refractivity contribution in [1.82, 2.24) is 0 Å². The van der Waals surface area contributed by atoms with E-state index in [1.165, 1.54) is 32.0 Å². The van der Waals surface area contributed by atoms with Crippen LogP contribution in [0.4, 0.5) is 11.4 Å². The molecular weight excluding hydrogens is 224 g/mol. The highest BCUT2D eigenvalue weighted by atomic mass is 16.4. The highest BCUT2D eigenvalue weighted by Crippen LogP contribution is 2.23. The molecule has 0 atom stereocenters. The van der Waals surface area contributed by atoms with Crippen molar-refractivity contribution in [1.29, 1.82) is 0 Å². The molecule has 0 aliphatic rings. The number of carbonyl (C=O) groups is 3. The Labute approximate surface area is 97.6 Å². The van der Waals surface area contributed by atoms with Crippen molar-refractivity contribution >= 4 is 29.2 Å². The second-order valence-corrected chi connectivity index (χ2v) is 3.41. The first-order chi connectivity index (χ1) is 7.90. The highest BCUT2D eigenvalue weighted by molar-refractivity contribution is 6.00. The molecule has 0 saturated carbocycles. The van der Waals surface area contributed by atoms with E-state index < -0.39 is 5.97 Å². The van der Waals surface area contributed by atoms with Crippen LogP contribution in [0.15, 0.2) is 18.2 Å². The van der Waals surface area contributed by atoms with Gasteiger partial charge in [-0.1, -0.05) is 6.07 Å². The lowest BCUT2D eigenvalue weighted by Gasteiger charge is -2.12. The zero-order valence-corrected chi connectivity index (χ0v) is 9.37. The van der Waals surface area contributed by atoms with Crippen molar-refractivity contribution in [2.24, 2.45) is 0 Å². The van der Waals surface area contributed by atoms with E-state index in [2.05, 4.69) is 10.6 Å². The molecule has 0 aromatic heterocycles. The SMILES string of the molecule is CC(=O)Nc1ccc(C(=O)[O-])cc1NC(C)=O. The largest absolute Gasteiger partial charge is 0.545 e. The van der Waals surface area contributed by atoms with Crippen LogP contribution in [-0.2, 0) is 9.59 Å². The van der Waals surface area contributed by atoms with Crippen LogP contribution in [0.5, 0.6) is 0 Å². The first kappa shape index (κ1) is 12.7. The maximum atomic E-state index is 10.9. The molecule has 0 radical (unpaired) electrons. The molecule has 0 unspecified atom stereocenters. The van der Waals surface area contributed by atoms with E-state index in [4.69, 9.17) is 0 Å². The molecule has 0 bridgehead atoms. The van der Waals surface area contributed by atoms with Gasteiger partial charge in [0.05, 0.1) is 17.3 Å². The number of nitrogens with one attached hydrogen (secondary N) is 2. The second kappa shape index (κ2) is 5.11. The summed E-state index contributed by atoms with van der Waals surface area (Å²) in [7, 11) is 0. The van der Waals surface area contributed by atoms with Crippen LogP contribution < -0.4 is 15.7 Å². The number of benzene rings is 1. The van der Waals surface area contributed by atoms with Gasteiger partial charge in [-0.25, -0.2) is 0 Å². The average Bonchev–Trinajstić information content (AvgIpc) is 2.18. The number of carboxylic acids is 1. The van der Waals surface area contributed by atoms with E-state index in [-0.39, 0.29) is 23.1 Å². The molecule has 6 nitrogen and oxygen atoms in total. The fourth-order valence-corrected chi connectivity index (χ4v) is 1.26. The van der Waals surface area contributed by atoms with Crippen LogP contribution >= 0.6 is 0 Å². The summed E-state index contributed by atoms with van der Waals surface area (Å²) in [4.78, 5) is 32.5. The fraction of sp³-hybridized carbons (Fsp3) is 0.182. The van der Waals surface area contributed by atoms with Gasteiger partial charge in [-0.2, -0.15) is 0 Å². The summed E-state index contributed by atoms with van der Waals surface area (Å²) in [6, 6.07) is 3.89. The Balaban J connectivity index is 3.15. The van der Waals surface area contributed by atoms with Gasteiger partial charge in [0.1, 0.15) is 0 Å². The van der Waals surface area contributed by atoms with Gasteiger partial charge in [0.15, 0.2) is 0 Å². The number of carboxylic acid groups (broad SMARTS) is 1. The maximum Gasteiger partial charge on any atom is 0.221 e. The number of rotatable bonds is 3. The predicted octanol–water partition coefficient (Wildman–Crippen LogP) is -0.0331. The zero-order chi connectivity index (χ0) is 13.0. The lowest BCUT2D eigenvalue weighted by molar-refractivity contribution is -0.255. The predicted molar refractivity (Wildman–Crippen MR) is 59.4 cm³/mol. The van der Waals surface area contributed by atoms with Gasteiger partial charge < -0.3 is 20.5 Å². The van der Waals surface area contributed by atoms with Gasteiger partial charge >= 0.3 is 0 Å². The molecule has 1 aromatic rings. The molecule has 1 rings (SSSR count). The molecule has 0 saturated heterocycles. The number of carbonyl (C=O) groups excluding carboxylic acids is 3. The summed E-state index contributed by atoms with van der Waals surface area (Å²) >= 11 is 0. The van der Waals surface area contributed by atoms with Crippen LogP contribution in [0.1, 0.15) is 24.2 Å². The molecule has 0 heterocycles. The number of aromatic carboxylic acids is 1. The third-order valence-corrected chi connectivity index (χ3v) is 1.88. The molecule has 0 aliphatic carbocycles. The van der Waals surface area contributed by atoms with E-state index in [0.717, 1.165) is 0 Å². The lowest BCUT2D eigenvalue weighted by Crippen LogP contribution is -2.22. The Bertz CT molecular complexity index is 482. The molecule has 6 heteroatoms. The van der Waals surface area contributed by atoms with E-state index >= 15 is 0 Å². The molecule has 0 fully saturated rings. The molecule has 2 N–H and O–H groups in total. The lowest BCUT2D eigenvalue weighted by atomic mass is 10.1. The second-order valence-electron chi connectivity index (χ2n) is 3.41. The molecule has 0 spiro atoms. The van der Waals surface area contributed by atoms with Gasteiger partial charge in [-0.05, 0) is 17.7 Å². The topological polar surface area (TPSA) is 98.3 Å². The van der Waals surface area contributed by atoms with E-state index in [1.807, 2.05) is 0 Å². The van der Waals surface area contributed by atoms with Gasteiger partial charge in [-0.3, -0.25) is 9.59 Å². The van der Waals surface area contributed by atoms with Crippen LogP contribution in [0.2, 0.25) is 0 Å². The van der Waals surface area contributed by atoms with Crippen molar-refractivity contribution in [2.75, 3.05) is 10.6 Å². The first-order valence-corrected chi connectivity index (χ1v) is 4.80. The quantitative estimate of drug-likeness (QED) is 0.768. The minimum Gasteiger partial charge on any atom is -0.545 e. The van der Waals surface area contributed by atoms with Gasteiger partial charge in [0, 0.05) is 13.8 Å². The number of anilines is 2. The van der Waals surface area contributed by atoms with Crippen molar-refractivity contribution in [3.8, 4) is 0 Å².